The van der Waals surface area contributed by atoms with Gasteiger partial charge in [-0.2, -0.15) is 5.26 Å². The molecule has 0 aliphatic carbocycles. The van der Waals surface area contributed by atoms with Crippen LogP contribution in [0.1, 0.15) is 29.3 Å². The first-order valence-corrected chi connectivity index (χ1v) is 9.46. The number of benzene rings is 2. The Morgan fingerprint density at radius 1 is 1.15 bits per heavy atom. The molecule has 0 spiro atoms. The average molecular weight is 362 g/mol. The second-order valence-corrected chi connectivity index (χ2v) is 7.46. The molecule has 2 aromatic carbocycles. The minimum Gasteiger partial charge on any atom is -0.324 e. The number of likely N-dealkylation sites (tertiary alicyclic amines) is 1. The third-order valence-corrected chi connectivity index (χ3v) is 5.91. The van der Waals surface area contributed by atoms with Crippen LogP contribution >= 0.6 is 11.3 Å². The molecule has 1 aromatic heterocycles. The number of fused-ring (bicyclic) bond motifs is 1. The topological polar surface area (TPSA) is 69.0 Å². The zero-order valence-corrected chi connectivity index (χ0v) is 15.0. The number of rotatable bonds is 2. The number of nitriles is 1. The molecule has 1 fully saturated rings. The summed E-state index contributed by atoms with van der Waals surface area (Å²) in [5.74, 6) is 0.423. The van der Waals surface area contributed by atoms with Crippen LogP contribution < -0.4 is 5.32 Å². The summed E-state index contributed by atoms with van der Waals surface area (Å²) in [6.07, 6.45) is 1.86. The van der Waals surface area contributed by atoms with Gasteiger partial charge in [0.15, 0.2) is 0 Å². The van der Waals surface area contributed by atoms with E-state index in [4.69, 9.17) is 10.2 Å². The Hall–Kier alpha value is -2.91. The van der Waals surface area contributed by atoms with Gasteiger partial charge in [0.2, 0.25) is 0 Å². The Kier molecular flexibility index (Phi) is 4.55. The van der Waals surface area contributed by atoms with Gasteiger partial charge in [0.1, 0.15) is 0 Å². The quantitative estimate of drug-likeness (QED) is 0.725. The van der Waals surface area contributed by atoms with Gasteiger partial charge in [-0.1, -0.05) is 12.1 Å². The fraction of sp³-hybridized carbons (Fsp3) is 0.250. The lowest BCUT2D eigenvalue weighted by molar-refractivity contribution is 0.194. The highest BCUT2D eigenvalue weighted by atomic mass is 32.1. The third kappa shape index (κ3) is 3.39. The molecule has 0 bridgehead atoms. The van der Waals surface area contributed by atoms with Gasteiger partial charge in [0.25, 0.3) is 0 Å². The molecule has 1 aliphatic heterocycles. The molecule has 0 saturated carbocycles. The molecule has 6 heteroatoms. The van der Waals surface area contributed by atoms with E-state index < -0.39 is 0 Å². The van der Waals surface area contributed by atoms with E-state index in [0.29, 0.717) is 17.2 Å². The van der Waals surface area contributed by atoms with Crippen LogP contribution in [-0.2, 0) is 0 Å². The number of amides is 2. The number of hydrogen-bond acceptors (Lipinski definition) is 4. The van der Waals surface area contributed by atoms with Crippen molar-refractivity contribution in [3.63, 3.8) is 0 Å². The number of para-hydroxylation sites is 1. The molecule has 0 radical (unpaired) electrons. The highest BCUT2D eigenvalue weighted by Gasteiger charge is 2.26. The van der Waals surface area contributed by atoms with E-state index in [9.17, 15) is 4.79 Å². The Morgan fingerprint density at radius 2 is 1.88 bits per heavy atom. The maximum Gasteiger partial charge on any atom is 0.321 e. The average Bonchev–Trinajstić information content (AvgIpc) is 3.13. The second-order valence-electron chi connectivity index (χ2n) is 6.40. The smallest absolute Gasteiger partial charge is 0.321 e. The molecule has 0 atom stereocenters. The molecule has 1 saturated heterocycles. The van der Waals surface area contributed by atoms with Crippen molar-refractivity contribution >= 4 is 33.3 Å². The third-order valence-electron chi connectivity index (χ3n) is 4.71. The number of nitrogens with one attached hydrogen (secondary N) is 1. The zero-order valence-electron chi connectivity index (χ0n) is 14.2. The largest absolute Gasteiger partial charge is 0.324 e. The first kappa shape index (κ1) is 16.6. The maximum absolute atomic E-state index is 12.4. The Labute approximate surface area is 155 Å². The summed E-state index contributed by atoms with van der Waals surface area (Å²) in [6.45, 7) is 1.45. The molecule has 2 amide bonds. The Bertz CT molecular complexity index is 932. The second kappa shape index (κ2) is 7.14. The van der Waals surface area contributed by atoms with Crippen molar-refractivity contribution in [2.75, 3.05) is 18.4 Å². The van der Waals surface area contributed by atoms with Crippen molar-refractivity contribution in [3.8, 4) is 6.07 Å². The summed E-state index contributed by atoms with van der Waals surface area (Å²) in [5, 5.41) is 12.9. The SMILES string of the molecule is N#Cc1ccc(NC(=O)N2CCC(c3nc4ccccc4s3)CC2)cc1. The molecular formula is C20H18N4OS. The van der Waals surface area contributed by atoms with Gasteiger partial charge in [-0.05, 0) is 49.2 Å². The summed E-state index contributed by atoms with van der Waals surface area (Å²) in [5.41, 5.74) is 2.36. The predicted octanol–water partition coefficient (Wildman–Crippen LogP) is 4.58. The molecule has 4 rings (SSSR count). The van der Waals surface area contributed by atoms with E-state index in [1.54, 1.807) is 35.6 Å². The minimum absolute atomic E-state index is 0.0857. The number of carbonyl (C=O) groups is 1. The zero-order chi connectivity index (χ0) is 17.9. The lowest BCUT2D eigenvalue weighted by Gasteiger charge is -2.31. The van der Waals surface area contributed by atoms with Gasteiger partial charge in [0, 0.05) is 24.7 Å². The van der Waals surface area contributed by atoms with Gasteiger partial charge < -0.3 is 10.2 Å². The highest BCUT2D eigenvalue weighted by Crippen LogP contribution is 2.33. The molecular weight excluding hydrogens is 344 g/mol. The minimum atomic E-state index is -0.0857. The van der Waals surface area contributed by atoms with Crippen molar-refractivity contribution < 1.29 is 4.79 Å². The van der Waals surface area contributed by atoms with Crippen LogP contribution in [0.2, 0.25) is 0 Å². The Balaban J connectivity index is 1.36. The lowest BCUT2D eigenvalue weighted by Crippen LogP contribution is -2.40. The molecule has 3 aromatic rings. The van der Waals surface area contributed by atoms with Crippen molar-refractivity contribution in [1.82, 2.24) is 9.88 Å². The summed E-state index contributed by atoms with van der Waals surface area (Å²) in [4.78, 5) is 19.1. The van der Waals surface area contributed by atoms with E-state index >= 15 is 0 Å². The molecule has 0 unspecified atom stereocenters. The molecule has 1 aliphatic rings. The normalized spacial score (nSPS) is 15.0. The van der Waals surface area contributed by atoms with Gasteiger partial charge in [-0.15, -0.1) is 11.3 Å². The number of thiazole rings is 1. The molecule has 1 N–H and O–H groups in total. The van der Waals surface area contributed by atoms with Crippen LogP contribution in [0.4, 0.5) is 10.5 Å². The van der Waals surface area contributed by atoms with Crippen LogP contribution in [0.25, 0.3) is 10.2 Å². The molecule has 5 nitrogen and oxygen atoms in total. The fourth-order valence-corrected chi connectivity index (χ4v) is 4.36. The predicted molar refractivity (Wildman–Crippen MR) is 103 cm³/mol. The highest BCUT2D eigenvalue weighted by molar-refractivity contribution is 7.18. The summed E-state index contributed by atoms with van der Waals surface area (Å²) in [7, 11) is 0. The van der Waals surface area contributed by atoms with Crippen molar-refractivity contribution in [2.45, 2.75) is 18.8 Å². The summed E-state index contributed by atoms with van der Waals surface area (Å²) >= 11 is 1.76. The van der Waals surface area contributed by atoms with E-state index in [0.717, 1.165) is 31.4 Å². The number of carbonyl (C=O) groups excluding carboxylic acids is 1. The van der Waals surface area contributed by atoms with E-state index in [1.165, 1.54) is 9.71 Å². The van der Waals surface area contributed by atoms with Crippen molar-refractivity contribution in [2.24, 2.45) is 0 Å². The number of hydrogen-bond donors (Lipinski definition) is 1. The summed E-state index contributed by atoms with van der Waals surface area (Å²) < 4.78 is 1.23. The first-order valence-electron chi connectivity index (χ1n) is 8.64. The van der Waals surface area contributed by atoms with E-state index in [-0.39, 0.29) is 6.03 Å². The number of urea groups is 1. The van der Waals surface area contributed by atoms with Gasteiger partial charge >= 0.3 is 6.03 Å². The number of piperidine rings is 1. The molecule has 2 heterocycles. The number of anilines is 1. The van der Waals surface area contributed by atoms with Crippen LogP contribution in [0.5, 0.6) is 0 Å². The van der Waals surface area contributed by atoms with Crippen LogP contribution in [0, 0.1) is 11.3 Å². The van der Waals surface area contributed by atoms with Crippen molar-refractivity contribution in [3.05, 3.63) is 59.1 Å². The standard InChI is InChI=1S/C20H18N4OS/c21-13-14-5-7-16(8-6-14)22-20(25)24-11-9-15(10-12-24)19-23-17-3-1-2-4-18(17)26-19/h1-8,15H,9-12H2,(H,22,25). The Morgan fingerprint density at radius 3 is 2.58 bits per heavy atom. The number of nitrogens with zero attached hydrogens (tertiary/aromatic N) is 3. The monoisotopic (exact) mass is 362 g/mol. The van der Waals surface area contributed by atoms with Gasteiger partial charge in [-0.3, -0.25) is 0 Å². The van der Waals surface area contributed by atoms with Gasteiger partial charge in [0.05, 0.1) is 26.9 Å². The van der Waals surface area contributed by atoms with E-state index in [2.05, 4.69) is 23.5 Å². The van der Waals surface area contributed by atoms with Crippen molar-refractivity contribution in [1.29, 1.82) is 5.26 Å². The lowest BCUT2D eigenvalue weighted by atomic mass is 9.98. The van der Waals surface area contributed by atoms with Crippen LogP contribution in [0.3, 0.4) is 0 Å². The first-order chi connectivity index (χ1) is 12.7. The van der Waals surface area contributed by atoms with Gasteiger partial charge in [-0.25, -0.2) is 9.78 Å². The maximum atomic E-state index is 12.4. The van der Waals surface area contributed by atoms with E-state index in [1.807, 2.05) is 17.0 Å². The number of aromatic nitrogens is 1. The van der Waals surface area contributed by atoms with Crippen LogP contribution in [-0.4, -0.2) is 29.0 Å². The summed E-state index contributed by atoms with van der Waals surface area (Å²) in [6, 6.07) is 17.1. The molecule has 130 valence electrons. The van der Waals surface area contributed by atoms with Crippen LogP contribution in [0.15, 0.2) is 48.5 Å². The molecule has 26 heavy (non-hydrogen) atoms. The fourth-order valence-electron chi connectivity index (χ4n) is 3.22.